The van der Waals surface area contributed by atoms with Crippen LogP contribution in [0.2, 0.25) is 0 Å². The first-order valence-electron chi connectivity index (χ1n) is 8.67. The average Bonchev–Trinajstić information content (AvgIpc) is 2.94. The van der Waals surface area contributed by atoms with Crippen LogP contribution in [-0.2, 0) is 17.5 Å². The molecular formula is C16H23F3N6O3. The Labute approximate surface area is 160 Å². The van der Waals surface area contributed by atoms with Crippen molar-refractivity contribution in [2.75, 3.05) is 18.0 Å². The summed E-state index contributed by atoms with van der Waals surface area (Å²) in [5.74, 6) is -1.29. The van der Waals surface area contributed by atoms with E-state index in [1.807, 2.05) is 0 Å². The van der Waals surface area contributed by atoms with Gasteiger partial charge in [-0.1, -0.05) is 5.11 Å². The van der Waals surface area contributed by atoms with E-state index in [1.54, 1.807) is 39.5 Å². The number of alkyl halides is 3. The van der Waals surface area contributed by atoms with Crippen molar-refractivity contribution in [1.82, 2.24) is 9.88 Å². The molecule has 1 saturated heterocycles. The molecule has 9 nitrogen and oxygen atoms in total. The van der Waals surface area contributed by atoms with Gasteiger partial charge in [-0.3, -0.25) is 4.90 Å². The van der Waals surface area contributed by atoms with Gasteiger partial charge in [0.15, 0.2) is 0 Å². The van der Waals surface area contributed by atoms with E-state index in [1.165, 1.54) is 4.90 Å². The molecule has 2 rings (SSSR count). The molecular weight excluding hydrogens is 381 g/mol. The number of amides is 1. The number of anilines is 1. The first kappa shape index (κ1) is 21.7. The minimum atomic E-state index is -4.76. The smallest absolute Gasteiger partial charge is 0.444 e. The highest BCUT2D eigenvalue weighted by atomic mass is 19.4. The van der Waals surface area contributed by atoms with Gasteiger partial charge >= 0.3 is 12.3 Å². The summed E-state index contributed by atoms with van der Waals surface area (Å²) in [7, 11) is 0. The molecule has 1 unspecified atom stereocenters. The Hall–Kier alpha value is -2.62. The monoisotopic (exact) mass is 404 g/mol. The third kappa shape index (κ3) is 5.00. The molecule has 1 aromatic heterocycles. The average molecular weight is 404 g/mol. The van der Waals surface area contributed by atoms with Gasteiger partial charge < -0.3 is 14.1 Å². The normalized spacial score (nSPS) is 20.7. The van der Waals surface area contributed by atoms with Crippen LogP contribution in [0.15, 0.2) is 9.53 Å². The number of azide groups is 1. The highest BCUT2D eigenvalue weighted by Gasteiger charge is 2.42. The van der Waals surface area contributed by atoms with Crippen LogP contribution < -0.4 is 4.90 Å². The predicted molar refractivity (Wildman–Crippen MR) is 93.6 cm³/mol. The lowest BCUT2D eigenvalue weighted by Crippen LogP contribution is -2.59. The minimum absolute atomic E-state index is 0.211. The van der Waals surface area contributed by atoms with E-state index in [-0.39, 0.29) is 31.2 Å². The fraction of sp³-hybridized carbons (Fsp3) is 0.750. The number of halogens is 3. The molecule has 1 amide bonds. The van der Waals surface area contributed by atoms with Crippen molar-refractivity contribution in [2.45, 2.75) is 65.0 Å². The summed E-state index contributed by atoms with van der Waals surface area (Å²) in [6.45, 7) is 8.65. The number of oxazole rings is 1. The molecule has 12 heteroatoms. The van der Waals surface area contributed by atoms with Crippen molar-refractivity contribution in [2.24, 2.45) is 5.11 Å². The van der Waals surface area contributed by atoms with Gasteiger partial charge in [-0.05, 0) is 40.1 Å². The Kier molecular flexibility index (Phi) is 6.03. The van der Waals surface area contributed by atoms with Crippen molar-refractivity contribution in [3.05, 3.63) is 21.9 Å². The third-order valence-corrected chi connectivity index (χ3v) is 4.02. The Bertz CT molecular complexity index is 755. The Balaban J connectivity index is 2.23. The zero-order valence-corrected chi connectivity index (χ0v) is 16.3. The molecule has 0 bridgehead atoms. The number of piperazine rings is 1. The van der Waals surface area contributed by atoms with Gasteiger partial charge in [0.25, 0.3) is 6.01 Å². The van der Waals surface area contributed by atoms with Crippen LogP contribution in [0.5, 0.6) is 0 Å². The van der Waals surface area contributed by atoms with Crippen molar-refractivity contribution < 1.29 is 27.1 Å². The number of nitrogens with zero attached hydrogens (tertiary/aromatic N) is 6. The zero-order valence-electron chi connectivity index (χ0n) is 16.3. The van der Waals surface area contributed by atoms with Crippen molar-refractivity contribution in [3.63, 3.8) is 0 Å². The molecule has 0 aliphatic carbocycles. The van der Waals surface area contributed by atoms with Crippen LogP contribution in [0.3, 0.4) is 0 Å². The van der Waals surface area contributed by atoms with Gasteiger partial charge in [-0.2, -0.15) is 18.2 Å². The van der Waals surface area contributed by atoms with Crippen LogP contribution in [0, 0.1) is 0 Å². The maximum atomic E-state index is 13.2. The second-order valence-corrected chi connectivity index (χ2v) is 7.65. The summed E-state index contributed by atoms with van der Waals surface area (Å²) in [5.41, 5.74) is 7.23. The maximum absolute atomic E-state index is 13.2. The minimum Gasteiger partial charge on any atom is -0.444 e. The van der Waals surface area contributed by atoms with Crippen LogP contribution in [0.1, 0.15) is 46.1 Å². The van der Waals surface area contributed by atoms with Crippen molar-refractivity contribution in [1.29, 1.82) is 0 Å². The van der Waals surface area contributed by atoms with E-state index >= 15 is 0 Å². The molecule has 0 saturated carbocycles. The molecule has 156 valence electrons. The lowest BCUT2D eigenvalue weighted by molar-refractivity contribution is -0.153. The largest absolute Gasteiger partial charge is 0.451 e. The van der Waals surface area contributed by atoms with E-state index in [4.69, 9.17) is 14.7 Å². The van der Waals surface area contributed by atoms with Gasteiger partial charge in [0.1, 0.15) is 5.60 Å². The Morgan fingerprint density at radius 3 is 2.36 bits per heavy atom. The van der Waals surface area contributed by atoms with Crippen LogP contribution in [0.25, 0.3) is 10.4 Å². The molecule has 2 heterocycles. The van der Waals surface area contributed by atoms with Crippen LogP contribution >= 0.6 is 0 Å². The molecule has 0 N–H and O–H groups in total. The predicted octanol–water partition coefficient (Wildman–Crippen LogP) is 4.34. The fourth-order valence-corrected chi connectivity index (χ4v) is 3.06. The Morgan fingerprint density at radius 1 is 1.32 bits per heavy atom. The summed E-state index contributed by atoms with van der Waals surface area (Å²) < 4.78 is 49.9. The van der Waals surface area contributed by atoms with E-state index < -0.39 is 35.9 Å². The number of carbonyl (C=O) groups is 1. The summed E-state index contributed by atoms with van der Waals surface area (Å²) in [6, 6.07) is -0.918. The SMILES string of the molecule is CC1CN(c2nc(CN=[N+]=[N-])c(C(F)(F)F)o2)C[C@H](C)N1C(=O)OC(C)(C)C. The molecule has 0 radical (unpaired) electrons. The zero-order chi connectivity index (χ0) is 21.3. The highest BCUT2D eigenvalue weighted by molar-refractivity contribution is 5.69. The molecule has 1 fully saturated rings. The van der Waals surface area contributed by atoms with Gasteiger partial charge in [-0.15, -0.1) is 0 Å². The van der Waals surface area contributed by atoms with Crippen LogP contribution in [-0.4, -0.2) is 46.8 Å². The van der Waals surface area contributed by atoms with E-state index in [9.17, 15) is 18.0 Å². The number of hydrogen-bond acceptors (Lipinski definition) is 6. The van der Waals surface area contributed by atoms with Crippen molar-refractivity contribution >= 4 is 12.1 Å². The lowest BCUT2D eigenvalue weighted by Gasteiger charge is -2.43. The second-order valence-electron chi connectivity index (χ2n) is 7.65. The van der Waals surface area contributed by atoms with E-state index in [0.29, 0.717) is 0 Å². The molecule has 28 heavy (non-hydrogen) atoms. The van der Waals surface area contributed by atoms with Crippen molar-refractivity contribution in [3.8, 4) is 0 Å². The Morgan fingerprint density at radius 2 is 1.89 bits per heavy atom. The molecule has 2 atom stereocenters. The molecule has 1 aliphatic rings. The topological polar surface area (TPSA) is 108 Å². The highest BCUT2D eigenvalue weighted by Crippen LogP contribution is 2.36. The summed E-state index contributed by atoms with van der Waals surface area (Å²) in [5, 5.41) is 3.14. The molecule has 1 aliphatic heterocycles. The van der Waals surface area contributed by atoms with E-state index in [2.05, 4.69) is 15.0 Å². The molecule has 0 aromatic carbocycles. The lowest BCUT2D eigenvalue weighted by atomic mass is 10.1. The summed E-state index contributed by atoms with van der Waals surface area (Å²) >= 11 is 0. The number of rotatable bonds is 3. The van der Waals surface area contributed by atoms with Gasteiger partial charge in [0.2, 0.25) is 5.76 Å². The maximum Gasteiger partial charge on any atom is 0.451 e. The van der Waals surface area contributed by atoms with Gasteiger partial charge in [0.05, 0.1) is 24.3 Å². The standard InChI is InChI=1S/C16H23F3N6O3/c1-9-7-24(8-10(2)25(9)14(26)28-15(3,4)5)13-22-11(6-21-23-20)12(27-13)16(17,18)19/h9-10H,6-8H2,1-5H3/t9-,10?/m0/s1. The third-order valence-electron chi connectivity index (χ3n) is 4.02. The quantitative estimate of drug-likeness (QED) is 0.423. The first-order chi connectivity index (χ1) is 12.8. The van der Waals surface area contributed by atoms with Gasteiger partial charge in [-0.25, -0.2) is 4.79 Å². The second kappa shape index (κ2) is 7.78. The van der Waals surface area contributed by atoms with Gasteiger partial charge in [0, 0.05) is 18.0 Å². The van der Waals surface area contributed by atoms with Crippen LogP contribution in [0.4, 0.5) is 24.0 Å². The number of carbonyl (C=O) groups excluding carboxylic acids is 1. The summed E-state index contributed by atoms with van der Waals surface area (Å²) in [4.78, 5) is 21.9. The molecule has 1 aromatic rings. The number of ether oxygens (including phenoxy) is 1. The molecule has 0 spiro atoms. The van der Waals surface area contributed by atoms with E-state index in [0.717, 1.165) is 0 Å². The first-order valence-corrected chi connectivity index (χ1v) is 8.67. The number of aromatic nitrogens is 1. The summed E-state index contributed by atoms with van der Waals surface area (Å²) in [6.07, 6.45) is -5.25. The fourth-order valence-electron chi connectivity index (χ4n) is 3.06. The number of hydrogen-bond donors (Lipinski definition) is 0.